The van der Waals surface area contributed by atoms with E-state index in [9.17, 15) is 5.11 Å². The van der Waals surface area contributed by atoms with E-state index in [4.69, 9.17) is 4.74 Å². The fraction of sp³-hybridized carbons (Fsp3) is 0.444. The number of pyridine rings is 1. The molecule has 12 heavy (non-hydrogen) atoms. The fourth-order valence-corrected chi connectivity index (χ4v) is 0.994. The van der Waals surface area contributed by atoms with Gasteiger partial charge in [-0.1, -0.05) is 0 Å². The molecule has 1 rings (SSSR count). The molecule has 66 valence electrons. The minimum Gasteiger partial charge on any atom is -0.492 e. The van der Waals surface area contributed by atoms with Crippen molar-refractivity contribution in [3.63, 3.8) is 0 Å². The molecule has 0 aliphatic carbocycles. The van der Waals surface area contributed by atoms with E-state index in [2.05, 4.69) is 4.98 Å². The Morgan fingerprint density at radius 2 is 2.42 bits per heavy atom. The average Bonchev–Trinajstić information content (AvgIpc) is 2.05. The van der Waals surface area contributed by atoms with Crippen molar-refractivity contribution in [3.05, 3.63) is 24.0 Å². The molecular weight excluding hydrogens is 154 g/mol. The van der Waals surface area contributed by atoms with Gasteiger partial charge in [0.25, 0.3) is 0 Å². The summed E-state index contributed by atoms with van der Waals surface area (Å²) in [4.78, 5) is 4.02. The van der Waals surface area contributed by atoms with E-state index in [0.717, 1.165) is 0 Å². The van der Waals surface area contributed by atoms with E-state index in [-0.39, 0.29) is 0 Å². The van der Waals surface area contributed by atoms with Crippen molar-refractivity contribution in [2.45, 2.75) is 20.0 Å². The Bertz CT molecular complexity index is 248. The first-order valence-electron chi connectivity index (χ1n) is 4.01. The minimum atomic E-state index is -0.576. The van der Waals surface area contributed by atoms with Gasteiger partial charge in [0.05, 0.1) is 12.7 Å². The molecule has 1 unspecified atom stereocenters. The molecule has 0 aromatic carbocycles. The van der Waals surface area contributed by atoms with Crippen molar-refractivity contribution in [1.29, 1.82) is 0 Å². The number of nitrogens with zero attached hydrogens (tertiary/aromatic N) is 1. The largest absolute Gasteiger partial charge is 0.492 e. The standard InChI is InChI=1S/C9H13NO2/c1-3-12-8-5-4-6-10-9(8)7(2)11/h4-7,11H,3H2,1-2H3. The molecule has 0 bridgehead atoms. The molecule has 3 nitrogen and oxygen atoms in total. The summed E-state index contributed by atoms with van der Waals surface area (Å²) < 4.78 is 5.28. The predicted octanol–water partition coefficient (Wildman–Crippen LogP) is 1.53. The molecule has 1 atom stereocenters. The zero-order valence-electron chi connectivity index (χ0n) is 7.32. The van der Waals surface area contributed by atoms with Gasteiger partial charge in [-0.2, -0.15) is 0 Å². The first-order valence-corrected chi connectivity index (χ1v) is 4.01. The van der Waals surface area contributed by atoms with Gasteiger partial charge in [0.2, 0.25) is 0 Å². The Labute approximate surface area is 72.0 Å². The molecule has 0 aliphatic heterocycles. The topological polar surface area (TPSA) is 42.4 Å². The SMILES string of the molecule is CCOc1cccnc1C(C)O. The lowest BCUT2D eigenvalue weighted by molar-refractivity contribution is 0.186. The van der Waals surface area contributed by atoms with Gasteiger partial charge in [0, 0.05) is 6.20 Å². The molecule has 0 fully saturated rings. The number of ether oxygens (including phenoxy) is 1. The first kappa shape index (κ1) is 9.00. The summed E-state index contributed by atoms with van der Waals surface area (Å²) in [5.41, 5.74) is 0.597. The third-order valence-electron chi connectivity index (χ3n) is 1.50. The van der Waals surface area contributed by atoms with Gasteiger partial charge in [-0.3, -0.25) is 4.98 Å². The second-order valence-electron chi connectivity index (χ2n) is 2.50. The van der Waals surface area contributed by atoms with Crippen LogP contribution in [0.3, 0.4) is 0 Å². The van der Waals surface area contributed by atoms with E-state index in [1.165, 1.54) is 0 Å². The highest BCUT2D eigenvalue weighted by atomic mass is 16.5. The summed E-state index contributed by atoms with van der Waals surface area (Å²) >= 11 is 0. The van der Waals surface area contributed by atoms with Gasteiger partial charge in [-0.05, 0) is 26.0 Å². The van der Waals surface area contributed by atoms with Gasteiger partial charge in [0.15, 0.2) is 0 Å². The molecular formula is C9H13NO2. The number of aliphatic hydroxyl groups excluding tert-OH is 1. The molecule has 1 aromatic rings. The molecule has 1 N–H and O–H groups in total. The zero-order chi connectivity index (χ0) is 8.97. The molecule has 0 aliphatic rings. The van der Waals surface area contributed by atoms with E-state index >= 15 is 0 Å². The van der Waals surface area contributed by atoms with Crippen molar-refractivity contribution >= 4 is 0 Å². The molecule has 0 saturated carbocycles. The summed E-state index contributed by atoms with van der Waals surface area (Å²) in [6, 6.07) is 3.59. The van der Waals surface area contributed by atoms with Crippen LogP contribution in [-0.2, 0) is 0 Å². The van der Waals surface area contributed by atoms with Crippen LogP contribution < -0.4 is 4.74 Å². The lowest BCUT2D eigenvalue weighted by atomic mass is 10.2. The molecule has 3 heteroatoms. The second-order valence-corrected chi connectivity index (χ2v) is 2.50. The van der Waals surface area contributed by atoms with Gasteiger partial charge >= 0.3 is 0 Å². The molecule has 0 amide bonds. The monoisotopic (exact) mass is 167 g/mol. The van der Waals surface area contributed by atoms with Gasteiger partial charge in [-0.25, -0.2) is 0 Å². The Kier molecular flexibility index (Phi) is 3.05. The summed E-state index contributed by atoms with van der Waals surface area (Å²) in [5, 5.41) is 9.29. The molecule has 1 heterocycles. The highest BCUT2D eigenvalue weighted by Crippen LogP contribution is 2.21. The Hall–Kier alpha value is -1.09. The van der Waals surface area contributed by atoms with Gasteiger partial charge < -0.3 is 9.84 Å². The number of aromatic nitrogens is 1. The normalized spacial score (nSPS) is 12.6. The second kappa shape index (κ2) is 4.07. The third-order valence-corrected chi connectivity index (χ3v) is 1.50. The van der Waals surface area contributed by atoms with Crippen molar-refractivity contribution in [3.8, 4) is 5.75 Å². The van der Waals surface area contributed by atoms with E-state index in [0.29, 0.717) is 18.1 Å². The summed E-state index contributed by atoms with van der Waals surface area (Å²) in [7, 11) is 0. The zero-order valence-corrected chi connectivity index (χ0v) is 7.32. The van der Waals surface area contributed by atoms with E-state index in [1.807, 2.05) is 6.92 Å². The minimum absolute atomic E-state index is 0.576. The lowest BCUT2D eigenvalue weighted by Gasteiger charge is -2.09. The summed E-state index contributed by atoms with van der Waals surface area (Å²) in [6.07, 6.45) is 1.07. The van der Waals surface area contributed by atoms with Gasteiger partial charge in [-0.15, -0.1) is 0 Å². The van der Waals surface area contributed by atoms with Crippen molar-refractivity contribution in [1.82, 2.24) is 4.98 Å². The number of hydrogen-bond donors (Lipinski definition) is 1. The highest BCUT2D eigenvalue weighted by Gasteiger charge is 2.08. The Morgan fingerprint density at radius 1 is 1.67 bits per heavy atom. The highest BCUT2D eigenvalue weighted by molar-refractivity contribution is 5.28. The summed E-state index contributed by atoms with van der Waals surface area (Å²) in [5.74, 6) is 0.662. The molecule has 0 radical (unpaired) electrons. The van der Waals surface area contributed by atoms with Crippen LogP contribution in [0.5, 0.6) is 5.75 Å². The van der Waals surface area contributed by atoms with Crippen LogP contribution in [-0.4, -0.2) is 16.7 Å². The smallest absolute Gasteiger partial charge is 0.143 e. The van der Waals surface area contributed by atoms with Crippen LogP contribution in [0.4, 0.5) is 0 Å². The Balaban J connectivity index is 2.92. The van der Waals surface area contributed by atoms with E-state index in [1.54, 1.807) is 25.3 Å². The van der Waals surface area contributed by atoms with Crippen LogP contribution in [0.25, 0.3) is 0 Å². The van der Waals surface area contributed by atoms with Gasteiger partial charge in [0.1, 0.15) is 11.4 Å². The quantitative estimate of drug-likeness (QED) is 0.742. The molecule has 0 saturated heterocycles. The number of rotatable bonds is 3. The summed E-state index contributed by atoms with van der Waals surface area (Å²) in [6.45, 7) is 4.16. The van der Waals surface area contributed by atoms with E-state index < -0.39 is 6.10 Å². The number of hydrogen-bond acceptors (Lipinski definition) is 3. The molecule has 0 spiro atoms. The Morgan fingerprint density at radius 3 is 3.00 bits per heavy atom. The van der Waals surface area contributed by atoms with Crippen molar-refractivity contribution in [2.24, 2.45) is 0 Å². The third kappa shape index (κ3) is 1.95. The fourth-order valence-electron chi connectivity index (χ4n) is 0.994. The maximum Gasteiger partial charge on any atom is 0.143 e. The molecule has 1 aromatic heterocycles. The average molecular weight is 167 g/mol. The predicted molar refractivity (Wildman–Crippen MR) is 46.0 cm³/mol. The number of aliphatic hydroxyl groups is 1. The lowest BCUT2D eigenvalue weighted by Crippen LogP contribution is -2.01. The van der Waals surface area contributed by atoms with Crippen LogP contribution in [0.1, 0.15) is 25.6 Å². The van der Waals surface area contributed by atoms with Crippen LogP contribution in [0, 0.1) is 0 Å². The van der Waals surface area contributed by atoms with Crippen molar-refractivity contribution in [2.75, 3.05) is 6.61 Å². The van der Waals surface area contributed by atoms with Crippen molar-refractivity contribution < 1.29 is 9.84 Å². The first-order chi connectivity index (χ1) is 5.75. The van der Waals surface area contributed by atoms with Crippen LogP contribution in [0.15, 0.2) is 18.3 Å². The maximum absolute atomic E-state index is 9.29. The van der Waals surface area contributed by atoms with Crippen LogP contribution in [0.2, 0.25) is 0 Å². The maximum atomic E-state index is 9.29. The van der Waals surface area contributed by atoms with Crippen LogP contribution >= 0.6 is 0 Å².